The Morgan fingerprint density at radius 1 is 1.26 bits per heavy atom. The van der Waals surface area contributed by atoms with Crippen LogP contribution in [0.25, 0.3) is 0 Å². The number of aromatic nitrogens is 2. The van der Waals surface area contributed by atoms with E-state index in [1.54, 1.807) is 4.90 Å². The number of fused-ring (bicyclic) bond motifs is 1. The van der Waals surface area contributed by atoms with Crippen LogP contribution in [0.3, 0.4) is 0 Å². The molecule has 2 N–H and O–H groups in total. The highest BCUT2D eigenvalue weighted by atomic mass is 35.5. The Bertz CT molecular complexity index is 724. The van der Waals surface area contributed by atoms with E-state index in [-0.39, 0.29) is 18.3 Å². The quantitative estimate of drug-likeness (QED) is 0.931. The fourth-order valence-corrected chi connectivity index (χ4v) is 3.36. The lowest BCUT2D eigenvalue weighted by Gasteiger charge is -2.17. The Labute approximate surface area is 140 Å². The number of benzene rings is 1. The monoisotopic (exact) mass is 334 g/mol. The first kappa shape index (κ1) is 16.0. The summed E-state index contributed by atoms with van der Waals surface area (Å²) in [5.74, 6) is 1.04. The van der Waals surface area contributed by atoms with Gasteiger partial charge in [-0.3, -0.25) is 4.79 Å². The minimum absolute atomic E-state index is 0. The summed E-state index contributed by atoms with van der Waals surface area (Å²) >= 11 is 0. The summed E-state index contributed by atoms with van der Waals surface area (Å²) in [6, 6.07) is 7.65. The number of amides is 1. The lowest BCUT2D eigenvalue weighted by Crippen LogP contribution is -2.34. The maximum atomic E-state index is 12.3. The summed E-state index contributed by atoms with van der Waals surface area (Å²) in [6.07, 6.45) is 3.97. The molecule has 0 atom stereocenters. The van der Waals surface area contributed by atoms with Crippen LogP contribution in [0.2, 0.25) is 0 Å². The smallest absolute Gasteiger partial charge is 0.254 e. The van der Waals surface area contributed by atoms with Gasteiger partial charge in [-0.05, 0) is 24.5 Å². The van der Waals surface area contributed by atoms with Crippen LogP contribution in [-0.2, 0) is 18.6 Å². The van der Waals surface area contributed by atoms with E-state index in [0.717, 1.165) is 36.8 Å². The molecule has 1 amide bonds. The molecule has 1 aliphatic heterocycles. The van der Waals surface area contributed by atoms with Crippen LogP contribution in [0, 0.1) is 0 Å². The highest BCUT2D eigenvalue weighted by molar-refractivity contribution is 5.98. The number of nitrogens with two attached hydrogens (primary N) is 1. The van der Waals surface area contributed by atoms with Crippen molar-refractivity contribution < 1.29 is 9.32 Å². The van der Waals surface area contributed by atoms with E-state index in [9.17, 15) is 4.79 Å². The van der Waals surface area contributed by atoms with Crippen LogP contribution >= 0.6 is 12.4 Å². The second-order valence-electron chi connectivity index (χ2n) is 6.19. The average molecular weight is 335 g/mol. The molecule has 1 aromatic carbocycles. The lowest BCUT2D eigenvalue weighted by molar-refractivity contribution is 0.0748. The van der Waals surface area contributed by atoms with E-state index in [4.69, 9.17) is 10.3 Å². The van der Waals surface area contributed by atoms with E-state index < -0.39 is 5.54 Å². The molecule has 4 rings (SSSR count). The van der Waals surface area contributed by atoms with Crippen molar-refractivity contribution in [3.63, 3.8) is 0 Å². The molecule has 1 aliphatic carbocycles. The fraction of sp³-hybridized carbons (Fsp3) is 0.438. The van der Waals surface area contributed by atoms with Crippen LogP contribution in [-0.4, -0.2) is 20.9 Å². The second-order valence-corrected chi connectivity index (χ2v) is 6.19. The number of rotatable bonds is 3. The number of carbonyl (C=O) groups is 1. The van der Waals surface area contributed by atoms with E-state index in [1.165, 1.54) is 0 Å². The predicted octanol–water partition coefficient (Wildman–Crippen LogP) is 2.38. The topological polar surface area (TPSA) is 85.2 Å². The predicted molar refractivity (Wildman–Crippen MR) is 85.9 cm³/mol. The van der Waals surface area contributed by atoms with Gasteiger partial charge in [0, 0.05) is 12.1 Å². The lowest BCUT2D eigenvalue weighted by atomic mass is 9.99. The van der Waals surface area contributed by atoms with Crippen molar-refractivity contribution in [1.29, 1.82) is 0 Å². The fourth-order valence-electron chi connectivity index (χ4n) is 3.36. The summed E-state index contributed by atoms with van der Waals surface area (Å²) in [5, 5.41) is 4.04. The third-order valence-corrected chi connectivity index (χ3v) is 4.63. The van der Waals surface area contributed by atoms with Crippen LogP contribution < -0.4 is 5.73 Å². The van der Waals surface area contributed by atoms with Gasteiger partial charge in [0.05, 0.1) is 5.54 Å². The Morgan fingerprint density at radius 2 is 2.00 bits per heavy atom. The van der Waals surface area contributed by atoms with E-state index in [0.29, 0.717) is 24.8 Å². The Morgan fingerprint density at radius 3 is 2.74 bits per heavy atom. The van der Waals surface area contributed by atoms with Gasteiger partial charge in [-0.1, -0.05) is 36.2 Å². The van der Waals surface area contributed by atoms with E-state index in [2.05, 4.69) is 10.1 Å². The summed E-state index contributed by atoms with van der Waals surface area (Å²) in [6.45, 7) is 0.914. The van der Waals surface area contributed by atoms with Crippen molar-refractivity contribution in [3.8, 4) is 0 Å². The summed E-state index contributed by atoms with van der Waals surface area (Å²) < 4.78 is 5.32. The Kier molecular flexibility index (Phi) is 4.12. The van der Waals surface area contributed by atoms with Crippen LogP contribution in [0.4, 0.5) is 0 Å². The second kappa shape index (κ2) is 5.94. The SMILES string of the molecule is Cl.NC1(c2noc(CN3Cc4ccccc4C3=O)n2)CCCC1. The molecule has 0 saturated heterocycles. The normalized spacial score (nSPS) is 18.8. The van der Waals surface area contributed by atoms with Gasteiger partial charge in [0.15, 0.2) is 5.82 Å². The molecule has 2 heterocycles. The summed E-state index contributed by atoms with van der Waals surface area (Å²) in [5.41, 5.74) is 7.67. The van der Waals surface area contributed by atoms with Crippen molar-refractivity contribution in [3.05, 3.63) is 47.1 Å². The molecule has 122 valence electrons. The molecule has 0 unspecified atom stereocenters. The molecular formula is C16H19ClN4O2. The minimum Gasteiger partial charge on any atom is -0.337 e. The molecule has 7 heteroatoms. The van der Waals surface area contributed by atoms with Gasteiger partial charge in [-0.25, -0.2) is 0 Å². The van der Waals surface area contributed by atoms with Crippen LogP contribution in [0.5, 0.6) is 0 Å². The van der Waals surface area contributed by atoms with Gasteiger partial charge >= 0.3 is 0 Å². The van der Waals surface area contributed by atoms with E-state index in [1.807, 2.05) is 24.3 Å². The molecule has 2 aromatic rings. The third kappa shape index (κ3) is 2.72. The molecule has 1 saturated carbocycles. The van der Waals surface area contributed by atoms with Crippen LogP contribution in [0.1, 0.15) is 53.3 Å². The number of hydrogen-bond acceptors (Lipinski definition) is 5. The number of carbonyl (C=O) groups excluding carboxylic acids is 1. The highest BCUT2D eigenvalue weighted by Crippen LogP contribution is 2.34. The molecule has 1 aromatic heterocycles. The highest BCUT2D eigenvalue weighted by Gasteiger charge is 2.36. The average Bonchev–Trinajstić information content (AvgIpc) is 3.22. The number of halogens is 1. The van der Waals surface area contributed by atoms with Crippen molar-refractivity contribution in [2.45, 2.75) is 44.3 Å². The molecular weight excluding hydrogens is 316 g/mol. The maximum Gasteiger partial charge on any atom is 0.254 e. The van der Waals surface area contributed by atoms with E-state index >= 15 is 0 Å². The molecule has 6 nitrogen and oxygen atoms in total. The molecule has 2 aliphatic rings. The van der Waals surface area contributed by atoms with Crippen LogP contribution in [0.15, 0.2) is 28.8 Å². The van der Waals surface area contributed by atoms with Gasteiger partial charge < -0.3 is 15.2 Å². The van der Waals surface area contributed by atoms with Gasteiger partial charge in [0.25, 0.3) is 5.91 Å². The Hall–Kier alpha value is -1.92. The molecule has 0 radical (unpaired) electrons. The standard InChI is InChI=1S/C16H18N4O2.ClH/c17-16(7-3-4-8-16)15-18-13(22-19-15)10-20-9-11-5-1-2-6-12(11)14(20)21;/h1-2,5-6H,3-4,7-10,17H2;1H. The zero-order valence-electron chi connectivity index (χ0n) is 12.7. The molecule has 23 heavy (non-hydrogen) atoms. The van der Waals surface area contributed by atoms with Gasteiger partial charge in [0.2, 0.25) is 5.89 Å². The molecule has 1 fully saturated rings. The third-order valence-electron chi connectivity index (χ3n) is 4.63. The summed E-state index contributed by atoms with van der Waals surface area (Å²) in [4.78, 5) is 18.5. The molecule has 0 bridgehead atoms. The zero-order chi connectivity index (χ0) is 15.2. The first-order chi connectivity index (χ1) is 10.7. The Balaban J connectivity index is 0.00000156. The van der Waals surface area contributed by atoms with Crippen molar-refractivity contribution in [2.75, 3.05) is 0 Å². The largest absolute Gasteiger partial charge is 0.337 e. The van der Waals surface area contributed by atoms with Crippen molar-refractivity contribution in [1.82, 2.24) is 15.0 Å². The van der Waals surface area contributed by atoms with Crippen molar-refractivity contribution in [2.24, 2.45) is 5.73 Å². The van der Waals surface area contributed by atoms with Gasteiger partial charge in [-0.2, -0.15) is 4.98 Å². The van der Waals surface area contributed by atoms with Gasteiger partial charge in [-0.15, -0.1) is 12.4 Å². The van der Waals surface area contributed by atoms with Gasteiger partial charge in [0.1, 0.15) is 6.54 Å². The minimum atomic E-state index is -0.459. The first-order valence-corrected chi connectivity index (χ1v) is 7.65. The summed E-state index contributed by atoms with van der Waals surface area (Å²) in [7, 11) is 0. The molecule has 0 spiro atoms. The zero-order valence-corrected chi connectivity index (χ0v) is 13.5. The van der Waals surface area contributed by atoms with Crippen molar-refractivity contribution >= 4 is 18.3 Å². The first-order valence-electron chi connectivity index (χ1n) is 7.65. The number of hydrogen-bond donors (Lipinski definition) is 1. The number of nitrogens with zero attached hydrogens (tertiary/aromatic N) is 3. The maximum absolute atomic E-state index is 12.3.